The summed E-state index contributed by atoms with van der Waals surface area (Å²) in [5.41, 5.74) is 4.99. The maximum absolute atomic E-state index is 8.71. The van der Waals surface area contributed by atoms with Crippen LogP contribution in [-0.4, -0.2) is 41.0 Å². The number of rotatable bonds is 13. The fourth-order valence-electron chi connectivity index (χ4n) is 2.82. The van der Waals surface area contributed by atoms with Crippen molar-refractivity contribution in [2.45, 2.75) is 83.7 Å². The minimum Gasteiger partial charge on any atom is -0.396 e. The van der Waals surface area contributed by atoms with Gasteiger partial charge in [-0.2, -0.15) is 5.06 Å². The number of hydrogen-bond acceptors (Lipinski definition) is 5. The topological polar surface area (TPSA) is 107 Å². The standard InChI is InChI=1S/C17H35N5O2.BrH/c1-17(2)21-15(18)20-16(19)22(17)24-14-12-10-8-6-4-3-5-7-9-11-13-23;/h23H,3-14H2,1-2H3,(H4,18,19,20,21);1H. The van der Waals surface area contributed by atoms with Gasteiger partial charge in [-0.1, -0.05) is 51.4 Å². The third-order valence-corrected chi connectivity index (χ3v) is 4.11. The Balaban J connectivity index is 0.00000576. The summed E-state index contributed by atoms with van der Waals surface area (Å²) >= 11 is 0. The second-order valence-electron chi connectivity index (χ2n) is 6.85. The highest BCUT2D eigenvalue weighted by Crippen LogP contribution is 2.19. The van der Waals surface area contributed by atoms with Gasteiger partial charge >= 0.3 is 0 Å². The van der Waals surface area contributed by atoms with Gasteiger partial charge in [0.2, 0.25) is 5.96 Å². The first kappa shape index (κ1) is 24.1. The number of aliphatic hydroxyl groups excluding tert-OH is 1. The molecule has 0 radical (unpaired) electrons. The highest BCUT2D eigenvalue weighted by Gasteiger charge is 2.34. The van der Waals surface area contributed by atoms with Crippen LogP contribution in [0.15, 0.2) is 4.99 Å². The average molecular weight is 422 g/mol. The second-order valence-corrected chi connectivity index (χ2v) is 6.85. The first-order chi connectivity index (χ1) is 11.5. The number of unbranched alkanes of at least 4 members (excludes halogenated alkanes) is 9. The molecular weight excluding hydrogens is 386 g/mol. The van der Waals surface area contributed by atoms with Crippen LogP contribution in [-0.2, 0) is 4.84 Å². The van der Waals surface area contributed by atoms with Gasteiger partial charge in [-0.05, 0) is 26.7 Å². The summed E-state index contributed by atoms with van der Waals surface area (Å²) in [6.07, 6.45) is 11.8. The van der Waals surface area contributed by atoms with Crippen molar-refractivity contribution < 1.29 is 9.94 Å². The van der Waals surface area contributed by atoms with Crippen molar-refractivity contribution in [1.82, 2.24) is 10.4 Å². The molecule has 0 amide bonds. The van der Waals surface area contributed by atoms with Crippen LogP contribution in [0.3, 0.4) is 0 Å². The lowest BCUT2D eigenvalue weighted by Crippen LogP contribution is -2.59. The van der Waals surface area contributed by atoms with Crippen LogP contribution >= 0.6 is 17.0 Å². The Kier molecular flexibility index (Phi) is 12.9. The summed E-state index contributed by atoms with van der Waals surface area (Å²) in [6, 6.07) is 0. The molecule has 5 N–H and O–H groups in total. The van der Waals surface area contributed by atoms with Gasteiger partial charge in [-0.25, -0.2) is 4.99 Å². The number of nitrogens with zero attached hydrogens (tertiary/aromatic N) is 2. The number of aliphatic imine (C=N–C) groups is 1. The van der Waals surface area contributed by atoms with E-state index >= 15 is 0 Å². The van der Waals surface area contributed by atoms with Crippen LogP contribution in [0.5, 0.6) is 0 Å². The first-order valence-electron chi connectivity index (χ1n) is 9.22. The van der Waals surface area contributed by atoms with Crippen molar-refractivity contribution in [1.29, 1.82) is 5.41 Å². The maximum atomic E-state index is 8.71. The fourth-order valence-corrected chi connectivity index (χ4v) is 2.82. The van der Waals surface area contributed by atoms with Crippen LogP contribution in [0.1, 0.15) is 78.1 Å². The van der Waals surface area contributed by atoms with E-state index in [-0.39, 0.29) is 28.9 Å². The van der Waals surface area contributed by atoms with E-state index in [0.29, 0.717) is 13.2 Å². The number of hydroxylamine groups is 2. The monoisotopic (exact) mass is 421 g/mol. The minimum atomic E-state index is -0.650. The van der Waals surface area contributed by atoms with Gasteiger partial charge in [0.1, 0.15) is 0 Å². The van der Waals surface area contributed by atoms with Gasteiger partial charge in [0, 0.05) is 6.61 Å². The molecule has 0 aromatic rings. The Bertz CT molecular complexity index is 404. The Labute approximate surface area is 162 Å². The van der Waals surface area contributed by atoms with E-state index in [2.05, 4.69) is 10.3 Å². The highest BCUT2D eigenvalue weighted by molar-refractivity contribution is 8.93. The van der Waals surface area contributed by atoms with E-state index in [1.165, 1.54) is 43.6 Å². The van der Waals surface area contributed by atoms with Crippen molar-refractivity contribution in [2.24, 2.45) is 10.7 Å². The van der Waals surface area contributed by atoms with Crippen LogP contribution in [0.2, 0.25) is 0 Å². The largest absolute Gasteiger partial charge is 0.396 e. The smallest absolute Gasteiger partial charge is 0.224 e. The van der Waals surface area contributed by atoms with Gasteiger partial charge in [0.15, 0.2) is 11.6 Å². The van der Waals surface area contributed by atoms with E-state index in [9.17, 15) is 0 Å². The fraction of sp³-hybridized carbons (Fsp3) is 0.882. The van der Waals surface area contributed by atoms with Crippen molar-refractivity contribution in [3.8, 4) is 0 Å². The molecule has 0 saturated heterocycles. The summed E-state index contributed by atoms with van der Waals surface area (Å²) in [4.78, 5) is 9.96. The van der Waals surface area contributed by atoms with Crippen LogP contribution < -0.4 is 11.1 Å². The third-order valence-electron chi connectivity index (χ3n) is 4.11. The number of hydrogen-bond donors (Lipinski definition) is 4. The molecule has 1 aliphatic heterocycles. The third kappa shape index (κ3) is 10.0. The molecule has 25 heavy (non-hydrogen) atoms. The van der Waals surface area contributed by atoms with Crippen LogP contribution in [0.25, 0.3) is 0 Å². The van der Waals surface area contributed by atoms with E-state index in [1.54, 1.807) is 0 Å². The zero-order chi connectivity index (χ0) is 17.8. The van der Waals surface area contributed by atoms with Crippen LogP contribution in [0, 0.1) is 5.41 Å². The lowest BCUT2D eigenvalue weighted by Gasteiger charge is -2.38. The normalized spacial score (nSPS) is 16.2. The molecule has 0 saturated carbocycles. The Hall–Kier alpha value is -0.860. The van der Waals surface area contributed by atoms with Crippen LogP contribution in [0.4, 0.5) is 0 Å². The first-order valence-corrected chi connectivity index (χ1v) is 9.22. The molecule has 0 spiro atoms. The molecule has 0 aromatic carbocycles. The summed E-state index contributed by atoms with van der Waals surface area (Å²) < 4.78 is 0. The van der Waals surface area contributed by atoms with Gasteiger partial charge in [-0.3, -0.25) is 15.6 Å². The molecule has 0 bridgehead atoms. The summed E-state index contributed by atoms with van der Waals surface area (Å²) in [7, 11) is 0. The molecule has 0 atom stereocenters. The predicted octanol–water partition coefficient (Wildman–Crippen LogP) is 3.28. The predicted molar refractivity (Wildman–Crippen MR) is 108 cm³/mol. The molecule has 0 aromatic heterocycles. The molecule has 148 valence electrons. The zero-order valence-corrected chi connectivity index (χ0v) is 17.4. The highest BCUT2D eigenvalue weighted by atomic mass is 79.9. The average Bonchev–Trinajstić information content (AvgIpc) is 2.49. The summed E-state index contributed by atoms with van der Waals surface area (Å²) in [5.74, 6) is 0.384. The summed E-state index contributed by atoms with van der Waals surface area (Å²) in [6.45, 7) is 4.65. The number of guanidine groups is 2. The van der Waals surface area contributed by atoms with Gasteiger partial charge in [-0.15, -0.1) is 17.0 Å². The molecule has 1 heterocycles. The molecule has 7 nitrogen and oxygen atoms in total. The molecule has 8 heteroatoms. The molecule has 0 aliphatic carbocycles. The maximum Gasteiger partial charge on any atom is 0.224 e. The van der Waals surface area contributed by atoms with Crippen molar-refractivity contribution in [2.75, 3.05) is 13.2 Å². The van der Waals surface area contributed by atoms with Gasteiger partial charge < -0.3 is 10.8 Å². The number of nitrogens with two attached hydrogens (primary N) is 1. The van der Waals surface area contributed by atoms with E-state index < -0.39 is 5.66 Å². The van der Waals surface area contributed by atoms with E-state index in [1.807, 2.05) is 13.8 Å². The van der Waals surface area contributed by atoms with Crippen molar-refractivity contribution in [3.05, 3.63) is 0 Å². The molecule has 1 aliphatic rings. The SMILES string of the molecule is Br.CC1(C)N=C(N)NC(=N)N1OCCCCCCCCCCCCO. The Morgan fingerprint density at radius 2 is 1.52 bits per heavy atom. The van der Waals surface area contributed by atoms with Crippen molar-refractivity contribution in [3.63, 3.8) is 0 Å². The molecule has 1 rings (SSSR count). The molecule has 0 unspecified atom stereocenters. The molecule has 0 fully saturated rings. The number of nitrogens with one attached hydrogen (secondary N) is 2. The lowest BCUT2D eigenvalue weighted by atomic mass is 10.1. The van der Waals surface area contributed by atoms with Gasteiger partial charge in [0.25, 0.3) is 0 Å². The van der Waals surface area contributed by atoms with Crippen molar-refractivity contribution >= 4 is 28.9 Å². The quantitative estimate of drug-likeness (QED) is 0.341. The number of halogens is 1. The van der Waals surface area contributed by atoms with Gasteiger partial charge in [0.05, 0.1) is 6.61 Å². The van der Waals surface area contributed by atoms with E-state index in [0.717, 1.165) is 25.7 Å². The minimum absolute atomic E-state index is 0. The Morgan fingerprint density at radius 3 is 2.00 bits per heavy atom. The number of aliphatic hydroxyl groups is 1. The Morgan fingerprint density at radius 1 is 1.04 bits per heavy atom. The molecular formula is C17H36BrN5O2. The lowest BCUT2D eigenvalue weighted by molar-refractivity contribution is -0.160. The summed E-state index contributed by atoms with van der Waals surface area (Å²) in [5, 5.41) is 20.8. The van der Waals surface area contributed by atoms with E-state index in [4.69, 9.17) is 21.1 Å². The second kappa shape index (κ2) is 13.4. The zero-order valence-electron chi connectivity index (χ0n) is 15.7.